The van der Waals surface area contributed by atoms with Gasteiger partial charge in [0.2, 0.25) is 11.8 Å². The summed E-state index contributed by atoms with van der Waals surface area (Å²) in [5, 5.41) is 2.79. The van der Waals surface area contributed by atoms with Crippen LogP contribution in [0.25, 0.3) is 0 Å². The molecule has 0 aromatic carbocycles. The number of amides is 3. The third kappa shape index (κ3) is 2.78. The summed E-state index contributed by atoms with van der Waals surface area (Å²) in [5.41, 5.74) is 5.66. The maximum Gasteiger partial charge on any atom is 0.251 e. The molecule has 1 saturated carbocycles. The summed E-state index contributed by atoms with van der Waals surface area (Å²) in [6, 6.07) is -0.561. The van der Waals surface area contributed by atoms with E-state index in [0.29, 0.717) is 19.4 Å². The van der Waals surface area contributed by atoms with Crippen LogP contribution in [0, 0.1) is 11.8 Å². The SMILES string of the molecule is CN1C(=O)CCC(NC(=O)C2CCCC2CN)C1=O. The zero-order valence-electron chi connectivity index (χ0n) is 11.2. The van der Waals surface area contributed by atoms with Crippen molar-refractivity contribution in [3.05, 3.63) is 0 Å². The summed E-state index contributed by atoms with van der Waals surface area (Å²) in [5.74, 6) is -0.448. The average molecular weight is 267 g/mol. The van der Waals surface area contributed by atoms with Crippen molar-refractivity contribution >= 4 is 17.7 Å². The monoisotopic (exact) mass is 267 g/mol. The highest BCUT2D eigenvalue weighted by molar-refractivity contribution is 6.01. The van der Waals surface area contributed by atoms with E-state index in [2.05, 4.69) is 5.32 Å². The van der Waals surface area contributed by atoms with Crippen molar-refractivity contribution in [1.29, 1.82) is 0 Å². The molecular formula is C13H21N3O3. The summed E-state index contributed by atoms with van der Waals surface area (Å²) in [6.07, 6.45) is 3.53. The van der Waals surface area contributed by atoms with Gasteiger partial charge < -0.3 is 11.1 Å². The second kappa shape index (κ2) is 5.69. The number of rotatable bonds is 3. The topological polar surface area (TPSA) is 92.5 Å². The van der Waals surface area contributed by atoms with Crippen molar-refractivity contribution < 1.29 is 14.4 Å². The van der Waals surface area contributed by atoms with E-state index >= 15 is 0 Å². The maximum absolute atomic E-state index is 12.2. The minimum absolute atomic E-state index is 0.0827. The van der Waals surface area contributed by atoms with E-state index in [1.165, 1.54) is 7.05 Å². The van der Waals surface area contributed by atoms with Gasteiger partial charge in [-0.25, -0.2) is 0 Å². The molecular weight excluding hydrogens is 246 g/mol. The highest BCUT2D eigenvalue weighted by Gasteiger charge is 2.37. The molecule has 1 aliphatic carbocycles. The second-order valence-electron chi connectivity index (χ2n) is 5.42. The Balaban J connectivity index is 1.95. The Kier molecular flexibility index (Phi) is 4.19. The minimum Gasteiger partial charge on any atom is -0.344 e. The highest BCUT2D eigenvalue weighted by Crippen LogP contribution is 2.31. The lowest BCUT2D eigenvalue weighted by Crippen LogP contribution is -2.54. The maximum atomic E-state index is 12.2. The Labute approximate surface area is 112 Å². The molecule has 19 heavy (non-hydrogen) atoms. The zero-order valence-corrected chi connectivity index (χ0v) is 11.2. The Morgan fingerprint density at radius 3 is 2.79 bits per heavy atom. The Hall–Kier alpha value is -1.43. The van der Waals surface area contributed by atoms with Crippen LogP contribution in [0.2, 0.25) is 0 Å². The standard InChI is InChI=1S/C13H21N3O3/c1-16-11(17)6-5-10(13(16)19)15-12(18)9-4-2-3-8(9)7-14/h8-10H,2-7,14H2,1H3,(H,15,18). The van der Waals surface area contributed by atoms with E-state index in [1.807, 2.05) is 0 Å². The number of nitrogens with two attached hydrogens (primary N) is 1. The van der Waals surface area contributed by atoms with E-state index in [0.717, 1.165) is 24.2 Å². The number of imide groups is 1. The van der Waals surface area contributed by atoms with Crippen LogP contribution >= 0.6 is 0 Å². The van der Waals surface area contributed by atoms with Gasteiger partial charge in [-0.15, -0.1) is 0 Å². The number of hydrogen-bond donors (Lipinski definition) is 2. The van der Waals surface area contributed by atoms with Crippen LogP contribution in [0.4, 0.5) is 0 Å². The smallest absolute Gasteiger partial charge is 0.251 e. The van der Waals surface area contributed by atoms with E-state index < -0.39 is 6.04 Å². The number of hydrogen-bond acceptors (Lipinski definition) is 4. The molecule has 0 aromatic rings. The number of carbonyl (C=O) groups excluding carboxylic acids is 3. The van der Waals surface area contributed by atoms with E-state index in [9.17, 15) is 14.4 Å². The molecule has 0 radical (unpaired) electrons. The molecule has 3 N–H and O–H groups in total. The van der Waals surface area contributed by atoms with Crippen molar-refractivity contribution in [3.8, 4) is 0 Å². The molecule has 2 rings (SSSR count). The predicted molar refractivity (Wildman–Crippen MR) is 68.8 cm³/mol. The van der Waals surface area contributed by atoms with Gasteiger partial charge in [-0.2, -0.15) is 0 Å². The highest BCUT2D eigenvalue weighted by atomic mass is 16.2. The average Bonchev–Trinajstić information content (AvgIpc) is 2.88. The van der Waals surface area contributed by atoms with E-state index in [4.69, 9.17) is 5.73 Å². The van der Waals surface area contributed by atoms with Gasteiger partial charge in [0.15, 0.2) is 0 Å². The van der Waals surface area contributed by atoms with Crippen LogP contribution in [-0.2, 0) is 14.4 Å². The first-order valence-electron chi connectivity index (χ1n) is 6.85. The van der Waals surface area contributed by atoms with Gasteiger partial charge in [-0.3, -0.25) is 19.3 Å². The molecule has 6 nitrogen and oxygen atoms in total. The Morgan fingerprint density at radius 1 is 1.37 bits per heavy atom. The Bertz CT molecular complexity index is 397. The number of nitrogens with zero attached hydrogens (tertiary/aromatic N) is 1. The number of likely N-dealkylation sites (tertiary alicyclic amines) is 1. The van der Waals surface area contributed by atoms with Crippen molar-refractivity contribution in [1.82, 2.24) is 10.2 Å². The normalized spacial score (nSPS) is 31.7. The molecule has 0 spiro atoms. The number of carbonyl (C=O) groups is 3. The summed E-state index contributed by atoms with van der Waals surface area (Å²) < 4.78 is 0. The fourth-order valence-corrected chi connectivity index (χ4v) is 2.99. The van der Waals surface area contributed by atoms with Gasteiger partial charge in [0.25, 0.3) is 5.91 Å². The fraction of sp³-hybridized carbons (Fsp3) is 0.769. The van der Waals surface area contributed by atoms with Gasteiger partial charge >= 0.3 is 0 Å². The molecule has 2 aliphatic rings. The summed E-state index contributed by atoms with van der Waals surface area (Å²) >= 11 is 0. The van der Waals surface area contributed by atoms with Crippen molar-refractivity contribution in [3.63, 3.8) is 0 Å². The van der Waals surface area contributed by atoms with Crippen LogP contribution in [0.15, 0.2) is 0 Å². The fourth-order valence-electron chi connectivity index (χ4n) is 2.99. The minimum atomic E-state index is -0.561. The Morgan fingerprint density at radius 2 is 2.11 bits per heavy atom. The number of likely N-dealkylation sites (N-methyl/N-ethyl adjacent to an activating group) is 1. The first kappa shape index (κ1) is 14.0. The van der Waals surface area contributed by atoms with Gasteiger partial charge in [0, 0.05) is 19.4 Å². The molecule has 3 amide bonds. The lowest BCUT2D eigenvalue weighted by Gasteiger charge is -2.29. The first-order valence-corrected chi connectivity index (χ1v) is 6.85. The number of piperidine rings is 1. The van der Waals surface area contributed by atoms with Crippen LogP contribution in [0.5, 0.6) is 0 Å². The van der Waals surface area contributed by atoms with Crippen LogP contribution in [-0.4, -0.2) is 42.3 Å². The predicted octanol–water partition coefficient (Wildman–Crippen LogP) is -0.375. The molecule has 3 atom stereocenters. The zero-order chi connectivity index (χ0) is 14.0. The quantitative estimate of drug-likeness (QED) is 0.682. The molecule has 1 saturated heterocycles. The van der Waals surface area contributed by atoms with Gasteiger partial charge in [0.05, 0.1) is 0 Å². The van der Waals surface area contributed by atoms with E-state index in [1.54, 1.807) is 0 Å². The third-order valence-electron chi connectivity index (χ3n) is 4.26. The summed E-state index contributed by atoms with van der Waals surface area (Å²) in [4.78, 5) is 36.6. The largest absolute Gasteiger partial charge is 0.344 e. The van der Waals surface area contributed by atoms with Gasteiger partial charge in [-0.1, -0.05) is 6.42 Å². The molecule has 1 aliphatic heterocycles. The van der Waals surface area contributed by atoms with Gasteiger partial charge in [0.1, 0.15) is 6.04 Å². The molecule has 6 heteroatoms. The molecule has 3 unspecified atom stereocenters. The molecule has 0 aromatic heterocycles. The lowest BCUT2D eigenvalue weighted by atomic mass is 9.94. The van der Waals surface area contributed by atoms with Crippen LogP contribution in [0.1, 0.15) is 32.1 Å². The second-order valence-corrected chi connectivity index (χ2v) is 5.42. The van der Waals surface area contributed by atoms with E-state index in [-0.39, 0.29) is 29.6 Å². The van der Waals surface area contributed by atoms with Crippen LogP contribution < -0.4 is 11.1 Å². The molecule has 1 heterocycles. The molecule has 106 valence electrons. The first-order chi connectivity index (χ1) is 9.04. The van der Waals surface area contributed by atoms with Crippen molar-refractivity contribution in [2.24, 2.45) is 17.6 Å². The van der Waals surface area contributed by atoms with Crippen molar-refractivity contribution in [2.75, 3.05) is 13.6 Å². The third-order valence-corrected chi connectivity index (χ3v) is 4.26. The lowest BCUT2D eigenvalue weighted by molar-refractivity contribution is -0.149. The molecule has 0 bridgehead atoms. The molecule has 2 fully saturated rings. The number of nitrogens with one attached hydrogen (secondary N) is 1. The van der Waals surface area contributed by atoms with Crippen LogP contribution in [0.3, 0.4) is 0 Å². The summed E-state index contributed by atoms with van der Waals surface area (Å²) in [7, 11) is 1.46. The van der Waals surface area contributed by atoms with Crippen molar-refractivity contribution in [2.45, 2.75) is 38.1 Å². The van der Waals surface area contributed by atoms with Gasteiger partial charge in [-0.05, 0) is 31.7 Å². The summed E-state index contributed by atoms with van der Waals surface area (Å²) in [6.45, 7) is 0.509.